The zero-order valence-electron chi connectivity index (χ0n) is 18.8. The van der Waals surface area contributed by atoms with Crippen LogP contribution in [0.1, 0.15) is 57.1 Å². The summed E-state index contributed by atoms with van der Waals surface area (Å²) in [5.41, 5.74) is 0.182. The molecule has 1 aromatic carbocycles. The Balaban J connectivity index is 1.56. The molecule has 2 aliphatic rings. The summed E-state index contributed by atoms with van der Waals surface area (Å²) in [4.78, 5) is 22.7. The number of amides is 2. The Kier molecular flexibility index (Phi) is 7.12. The Bertz CT molecular complexity index is 1010. The number of imide groups is 1. The van der Waals surface area contributed by atoms with E-state index in [9.17, 15) is 23.1 Å². The minimum absolute atomic E-state index is 0.0606. The van der Waals surface area contributed by atoms with Crippen molar-refractivity contribution in [2.75, 3.05) is 12.4 Å². The van der Waals surface area contributed by atoms with Crippen molar-refractivity contribution in [2.24, 2.45) is 5.92 Å². The summed E-state index contributed by atoms with van der Waals surface area (Å²) in [5, 5.41) is 12.2. The molecule has 1 saturated carbocycles. The molecule has 9 heteroatoms. The van der Waals surface area contributed by atoms with Crippen LogP contribution in [0, 0.1) is 12.8 Å². The third-order valence-corrected chi connectivity index (χ3v) is 7.10. The van der Waals surface area contributed by atoms with Crippen LogP contribution >= 0.6 is 0 Å². The second-order valence-corrected chi connectivity index (χ2v) is 11.2. The number of aliphatic hydroxyl groups is 1. The van der Waals surface area contributed by atoms with Crippen molar-refractivity contribution in [3.63, 3.8) is 0 Å². The molecule has 1 unspecified atom stereocenters. The molecule has 0 spiro atoms. The first-order chi connectivity index (χ1) is 14.9. The average molecular weight is 465 g/mol. The van der Waals surface area contributed by atoms with E-state index >= 15 is 0 Å². The van der Waals surface area contributed by atoms with Crippen LogP contribution in [-0.2, 0) is 25.2 Å². The van der Waals surface area contributed by atoms with Gasteiger partial charge in [-0.15, -0.1) is 0 Å². The van der Waals surface area contributed by atoms with Crippen molar-refractivity contribution in [1.29, 1.82) is 0 Å². The molecule has 176 valence electrons. The first kappa shape index (κ1) is 24.4. The fraction of sp³-hybridized carbons (Fsp3) is 0.565. The zero-order valence-corrected chi connectivity index (χ0v) is 19.6. The number of hydrogen-bond donors (Lipinski definition) is 3. The van der Waals surface area contributed by atoms with Crippen molar-refractivity contribution in [3.8, 4) is 5.75 Å². The normalized spacial score (nSPS) is 20.6. The lowest BCUT2D eigenvalue weighted by atomic mass is 10.0. The van der Waals surface area contributed by atoms with Crippen LogP contribution in [0.15, 0.2) is 30.4 Å². The molecule has 1 aliphatic carbocycles. The fourth-order valence-electron chi connectivity index (χ4n) is 3.63. The summed E-state index contributed by atoms with van der Waals surface area (Å²) < 4.78 is 33.9. The number of carbonyl (C=O) groups is 2. The Morgan fingerprint density at radius 3 is 2.59 bits per heavy atom. The van der Waals surface area contributed by atoms with Gasteiger partial charge in [-0.3, -0.25) is 14.9 Å². The molecule has 1 aliphatic heterocycles. The fourth-order valence-corrected chi connectivity index (χ4v) is 5.10. The Labute approximate surface area is 189 Å². The van der Waals surface area contributed by atoms with Crippen LogP contribution in [0.25, 0.3) is 0 Å². The summed E-state index contributed by atoms with van der Waals surface area (Å²) in [6.07, 6.45) is 5.85. The molecule has 1 saturated heterocycles. The summed E-state index contributed by atoms with van der Waals surface area (Å²) >= 11 is 0. The third-order valence-electron chi connectivity index (χ3n) is 5.63. The molecular formula is C23H32N2O6S. The number of hydrogen-bond acceptors (Lipinski definition) is 6. The molecule has 8 nitrogen and oxygen atoms in total. The lowest BCUT2D eigenvalue weighted by Gasteiger charge is -2.22. The number of benzene rings is 1. The van der Waals surface area contributed by atoms with Crippen LogP contribution in [-0.4, -0.2) is 43.3 Å². The van der Waals surface area contributed by atoms with Crippen LogP contribution in [0.3, 0.4) is 0 Å². The maximum Gasteiger partial charge on any atom is 0.230 e. The molecule has 0 bridgehead atoms. The number of ether oxygens (including phenoxy) is 1. The summed E-state index contributed by atoms with van der Waals surface area (Å²) in [6.45, 7) is 5.38. The van der Waals surface area contributed by atoms with Crippen molar-refractivity contribution in [2.45, 2.75) is 64.0 Å². The SMILES string of the molecule is Cc1ccc(C2(NS(=O)(=O)CC/C=C/CC3CC(=O)NC3=O)CC2)cc1OCC(C)(C)O. The van der Waals surface area contributed by atoms with E-state index in [2.05, 4.69) is 10.0 Å². The summed E-state index contributed by atoms with van der Waals surface area (Å²) in [7, 11) is -3.52. The maximum absolute atomic E-state index is 12.7. The average Bonchev–Trinajstić information content (AvgIpc) is 3.37. The standard InChI is InChI=1S/C23H32N2O6S/c1-16-8-9-18(14-19(16)31-15-22(2,3)28)23(10-11-23)25-32(29,30)12-6-4-5-7-17-13-20(26)24-21(17)27/h4-5,8-9,14,17,25,28H,6-7,10-13,15H2,1-3H3,(H,24,26,27)/b5-4+. The number of carbonyl (C=O) groups excluding carboxylic acids is 2. The Hall–Kier alpha value is -2.23. The van der Waals surface area contributed by atoms with E-state index < -0.39 is 21.2 Å². The molecule has 1 heterocycles. The number of allylic oxidation sites excluding steroid dienone is 2. The zero-order chi connectivity index (χ0) is 23.6. The number of sulfonamides is 1. The third kappa shape index (κ3) is 6.63. The molecule has 2 fully saturated rings. The predicted octanol–water partition coefficient (Wildman–Crippen LogP) is 2.05. The molecule has 0 aromatic heterocycles. The highest BCUT2D eigenvalue weighted by Crippen LogP contribution is 2.47. The highest BCUT2D eigenvalue weighted by Gasteiger charge is 2.47. The molecule has 32 heavy (non-hydrogen) atoms. The van der Waals surface area contributed by atoms with Gasteiger partial charge in [0.15, 0.2) is 0 Å². The molecule has 0 radical (unpaired) electrons. The van der Waals surface area contributed by atoms with E-state index in [0.29, 0.717) is 31.4 Å². The Morgan fingerprint density at radius 1 is 1.28 bits per heavy atom. The lowest BCUT2D eigenvalue weighted by molar-refractivity contribution is -0.125. The van der Waals surface area contributed by atoms with Crippen molar-refractivity contribution in [1.82, 2.24) is 10.0 Å². The molecule has 1 aromatic rings. The van der Waals surface area contributed by atoms with Gasteiger partial charge in [0.25, 0.3) is 0 Å². The van der Waals surface area contributed by atoms with Gasteiger partial charge in [0, 0.05) is 6.42 Å². The number of rotatable bonds is 11. The van der Waals surface area contributed by atoms with E-state index in [0.717, 1.165) is 11.1 Å². The van der Waals surface area contributed by atoms with Gasteiger partial charge in [-0.2, -0.15) is 0 Å². The van der Waals surface area contributed by atoms with E-state index in [1.807, 2.05) is 25.1 Å². The molecule has 2 amide bonds. The van der Waals surface area contributed by atoms with E-state index in [1.165, 1.54) is 0 Å². The second-order valence-electron chi connectivity index (χ2n) is 9.39. The Morgan fingerprint density at radius 2 is 2.00 bits per heavy atom. The summed E-state index contributed by atoms with van der Waals surface area (Å²) in [6, 6.07) is 5.66. The van der Waals surface area contributed by atoms with Crippen molar-refractivity contribution >= 4 is 21.8 Å². The van der Waals surface area contributed by atoms with Crippen LogP contribution in [0.4, 0.5) is 0 Å². The minimum Gasteiger partial charge on any atom is -0.490 e. The van der Waals surface area contributed by atoms with E-state index in [-0.39, 0.29) is 36.5 Å². The van der Waals surface area contributed by atoms with E-state index in [1.54, 1.807) is 26.0 Å². The van der Waals surface area contributed by atoms with Gasteiger partial charge in [0.1, 0.15) is 12.4 Å². The largest absolute Gasteiger partial charge is 0.490 e. The van der Waals surface area contributed by atoms with Gasteiger partial charge in [-0.05, 0) is 63.6 Å². The van der Waals surface area contributed by atoms with Gasteiger partial charge in [0.2, 0.25) is 21.8 Å². The van der Waals surface area contributed by atoms with Gasteiger partial charge in [-0.25, -0.2) is 13.1 Å². The predicted molar refractivity (Wildman–Crippen MR) is 120 cm³/mol. The van der Waals surface area contributed by atoms with Gasteiger partial charge < -0.3 is 9.84 Å². The van der Waals surface area contributed by atoms with Crippen LogP contribution < -0.4 is 14.8 Å². The smallest absolute Gasteiger partial charge is 0.230 e. The van der Waals surface area contributed by atoms with Crippen LogP contribution in [0.2, 0.25) is 0 Å². The van der Waals surface area contributed by atoms with Crippen LogP contribution in [0.5, 0.6) is 5.75 Å². The van der Waals surface area contributed by atoms with E-state index in [4.69, 9.17) is 4.74 Å². The number of aryl methyl sites for hydroxylation is 1. The van der Waals surface area contributed by atoms with Gasteiger partial charge >= 0.3 is 0 Å². The maximum atomic E-state index is 12.7. The first-order valence-corrected chi connectivity index (χ1v) is 12.5. The molecule has 3 N–H and O–H groups in total. The molecule has 1 atom stereocenters. The molecule has 3 rings (SSSR count). The highest BCUT2D eigenvalue weighted by molar-refractivity contribution is 7.89. The quantitative estimate of drug-likeness (QED) is 0.340. The monoisotopic (exact) mass is 464 g/mol. The van der Waals surface area contributed by atoms with Gasteiger partial charge in [0.05, 0.1) is 22.8 Å². The van der Waals surface area contributed by atoms with Crippen molar-refractivity contribution < 1.29 is 27.9 Å². The minimum atomic E-state index is -3.52. The topological polar surface area (TPSA) is 122 Å². The first-order valence-electron chi connectivity index (χ1n) is 10.9. The second kappa shape index (κ2) is 9.33. The van der Waals surface area contributed by atoms with Gasteiger partial charge in [-0.1, -0.05) is 24.3 Å². The summed E-state index contributed by atoms with van der Waals surface area (Å²) in [5.74, 6) is -0.326. The lowest BCUT2D eigenvalue weighted by Crippen LogP contribution is -2.36. The molecular weight excluding hydrogens is 432 g/mol. The van der Waals surface area contributed by atoms with Crippen molar-refractivity contribution in [3.05, 3.63) is 41.5 Å². The number of nitrogens with one attached hydrogen (secondary N) is 2. The highest BCUT2D eigenvalue weighted by atomic mass is 32.2.